The van der Waals surface area contributed by atoms with Crippen LogP contribution < -0.4 is 24.4 Å². The summed E-state index contributed by atoms with van der Waals surface area (Å²) in [5.74, 6) is -0.0963. The van der Waals surface area contributed by atoms with Crippen LogP contribution in [0.15, 0.2) is 62.2 Å². The van der Waals surface area contributed by atoms with Crippen LogP contribution in [0.4, 0.5) is 13.2 Å². The highest BCUT2D eigenvalue weighted by atomic mass is 79.9. The normalized spacial score (nSPS) is 13.1. The minimum Gasteiger partial charge on any atom is -0.493 e. The van der Waals surface area contributed by atoms with Crippen molar-refractivity contribution in [3.63, 3.8) is 0 Å². The Hall–Kier alpha value is -3.70. The molecule has 1 aliphatic heterocycles. The van der Waals surface area contributed by atoms with E-state index >= 15 is 0 Å². The molecule has 198 valence electrons. The maximum atomic E-state index is 14.1. The van der Waals surface area contributed by atoms with E-state index in [1.54, 1.807) is 0 Å². The summed E-state index contributed by atoms with van der Waals surface area (Å²) in [7, 11) is 2.75. The lowest BCUT2D eigenvalue weighted by molar-refractivity contribution is -0.152. The van der Waals surface area contributed by atoms with E-state index in [0.29, 0.717) is 18.1 Å². The highest BCUT2D eigenvalue weighted by Crippen LogP contribution is 2.40. The van der Waals surface area contributed by atoms with Crippen LogP contribution >= 0.6 is 15.9 Å². The predicted molar refractivity (Wildman–Crippen MR) is 135 cm³/mol. The van der Waals surface area contributed by atoms with Crippen molar-refractivity contribution in [2.24, 2.45) is 0 Å². The first-order valence-corrected chi connectivity index (χ1v) is 12.0. The monoisotopic (exact) mass is 592 g/mol. The molecule has 2 heterocycles. The highest BCUT2D eigenvalue weighted by Gasteiger charge is 2.39. The summed E-state index contributed by atoms with van der Waals surface area (Å²) in [6, 6.07) is 11.9. The molecule has 0 aliphatic carbocycles. The van der Waals surface area contributed by atoms with Crippen molar-refractivity contribution < 1.29 is 41.3 Å². The molecular formula is C27H20BrF3O7. The number of hydrogen-bond acceptors (Lipinski definition) is 7. The molecule has 0 fully saturated rings. The van der Waals surface area contributed by atoms with E-state index in [4.69, 9.17) is 28.1 Å². The first-order valence-electron chi connectivity index (χ1n) is 11.2. The molecule has 1 aliphatic rings. The van der Waals surface area contributed by atoms with E-state index in [1.165, 1.54) is 50.6 Å². The van der Waals surface area contributed by atoms with Crippen LogP contribution in [0.3, 0.4) is 0 Å². The van der Waals surface area contributed by atoms with Gasteiger partial charge in [0.25, 0.3) is 0 Å². The minimum absolute atomic E-state index is 0.0191. The lowest BCUT2D eigenvalue weighted by atomic mass is 10.0. The van der Waals surface area contributed by atoms with Crippen LogP contribution in [0.1, 0.15) is 16.9 Å². The van der Waals surface area contributed by atoms with E-state index in [1.807, 2.05) is 12.1 Å². The second kappa shape index (κ2) is 10.2. The smallest absolute Gasteiger partial charge is 0.450 e. The number of halogens is 4. The Bertz CT molecular complexity index is 1580. The van der Waals surface area contributed by atoms with E-state index in [2.05, 4.69) is 15.9 Å². The fourth-order valence-corrected chi connectivity index (χ4v) is 4.79. The number of fused-ring (bicyclic) bond motifs is 2. The molecule has 0 saturated carbocycles. The maximum Gasteiger partial charge on any atom is 0.450 e. The van der Waals surface area contributed by atoms with Gasteiger partial charge in [0.2, 0.25) is 11.2 Å². The molecular weight excluding hydrogens is 573 g/mol. The van der Waals surface area contributed by atoms with E-state index in [-0.39, 0.29) is 41.4 Å². The van der Waals surface area contributed by atoms with Gasteiger partial charge in [-0.3, -0.25) is 4.79 Å². The quantitative estimate of drug-likeness (QED) is 0.246. The van der Waals surface area contributed by atoms with Crippen molar-refractivity contribution in [1.29, 1.82) is 0 Å². The molecule has 38 heavy (non-hydrogen) atoms. The van der Waals surface area contributed by atoms with Crippen molar-refractivity contribution in [1.82, 2.24) is 0 Å². The number of hydrogen-bond donors (Lipinski definition) is 0. The van der Waals surface area contributed by atoms with Crippen LogP contribution in [0.5, 0.6) is 23.0 Å². The molecule has 0 amide bonds. The number of benzene rings is 3. The van der Waals surface area contributed by atoms with Gasteiger partial charge in [0.1, 0.15) is 23.7 Å². The van der Waals surface area contributed by atoms with Gasteiger partial charge in [-0.2, -0.15) is 13.2 Å². The van der Waals surface area contributed by atoms with Crippen molar-refractivity contribution in [3.8, 4) is 34.1 Å². The van der Waals surface area contributed by atoms with Crippen LogP contribution in [-0.4, -0.2) is 21.0 Å². The first kappa shape index (κ1) is 25.9. The van der Waals surface area contributed by atoms with Gasteiger partial charge in [-0.15, -0.1) is 0 Å². The Labute approximate surface area is 222 Å². The van der Waals surface area contributed by atoms with Gasteiger partial charge < -0.3 is 28.1 Å². The lowest BCUT2D eigenvalue weighted by Gasteiger charge is -2.21. The summed E-state index contributed by atoms with van der Waals surface area (Å²) >= 11 is 3.44. The van der Waals surface area contributed by atoms with Crippen LogP contribution in [0, 0.1) is 0 Å². The summed E-state index contributed by atoms with van der Waals surface area (Å²) in [6.45, 7) is 0.546. The van der Waals surface area contributed by atoms with Crippen molar-refractivity contribution in [3.05, 3.63) is 80.1 Å². The zero-order valence-corrected chi connectivity index (χ0v) is 21.7. The Morgan fingerprint density at radius 2 is 1.79 bits per heavy atom. The van der Waals surface area contributed by atoms with Crippen LogP contribution in [-0.2, 0) is 24.1 Å². The molecule has 11 heteroatoms. The zero-order chi connectivity index (χ0) is 27.0. The Balaban J connectivity index is 1.55. The van der Waals surface area contributed by atoms with Crippen LogP contribution in [0.25, 0.3) is 22.1 Å². The third-order valence-corrected chi connectivity index (χ3v) is 6.40. The number of methoxy groups -OCH3 is 2. The fourth-order valence-electron chi connectivity index (χ4n) is 4.24. The van der Waals surface area contributed by atoms with E-state index in [0.717, 1.165) is 15.6 Å². The summed E-state index contributed by atoms with van der Waals surface area (Å²) < 4.78 is 75.5. The van der Waals surface area contributed by atoms with Gasteiger partial charge in [-0.1, -0.05) is 22.0 Å². The van der Waals surface area contributed by atoms with Gasteiger partial charge in [0.05, 0.1) is 31.8 Å². The molecule has 0 unspecified atom stereocenters. The summed E-state index contributed by atoms with van der Waals surface area (Å²) in [5.41, 5.74) is -0.184. The largest absolute Gasteiger partial charge is 0.493 e. The molecule has 0 spiro atoms. The predicted octanol–water partition coefficient (Wildman–Crippen LogP) is 6.70. The molecule has 7 nitrogen and oxygen atoms in total. The molecule has 1 aromatic heterocycles. The number of alkyl halides is 3. The standard InChI is InChI=1S/C27H20BrF3O7/c1-33-20-6-3-14(9-22(20)34-2)23-24(32)19-5-4-18(10-21(19)38-26(23)27(29,30)31)36-12-16-8-17(28)7-15-11-35-13-37-25(15)16/h3-10H,11-13H2,1-2H3. The van der Waals surface area contributed by atoms with Gasteiger partial charge in [0.15, 0.2) is 18.3 Å². The number of rotatable bonds is 6. The number of ether oxygens (including phenoxy) is 5. The zero-order valence-electron chi connectivity index (χ0n) is 20.1. The first-order chi connectivity index (χ1) is 18.2. The molecule has 0 bridgehead atoms. The molecule has 4 aromatic rings. The molecule has 0 N–H and O–H groups in total. The Kier molecular flexibility index (Phi) is 6.97. The second-order valence-electron chi connectivity index (χ2n) is 8.31. The van der Waals surface area contributed by atoms with Gasteiger partial charge in [-0.05, 0) is 42.0 Å². The van der Waals surface area contributed by atoms with Crippen LogP contribution in [0.2, 0.25) is 0 Å². The molecule has 0 radical (unpaired) electrons. The average molecular weight is 593 g/mol. The Morgan fingerprint density at radius 1 is 1.00 bits per heavy atom. The third-order valence-electron chi connectivity index (χ3n) is 5.94. The van der Waals surface area contributed by atoms with Crippen molar-refractivity contribution in [2.75, 3.05) is 21.0 Å². The topological polar surface area (TPSA) is 76.4 Å². The Morgan fingerprint density at radius 3 is 2.53 bits per heavy atom. The van der Waals surface area contributed by atoms with E-state index < -0.39 is 22.9 Å². The second-order valence-corrected chi connectivity index (χ2v) is 9.23. The van der Waals surface area contributed by atoms with Crippen molar-refractivity contribution in [2.45, 2.75) is 19.4 Å². The van der Waals surface area contributed by atoms with Gasteiger partial charge in [0, 0.05) is 21.7 Å². The van der Waals surface area contributed by atoms with Gasteiger partial charge in [-0.25, -0.2) is 0 Å². The fraction of sp³-hybridized carbons (Fsp3) is 0.222. The summed E-state index contributed by atoms with van der Waals surface area (Å²) in [6.07, 6.45) is -4.94. The molecule has 0 atom stereocenters. The highest BCUT2D eigenvalue weighted by molar-refractivity contribution is 9.10. The molecule has 3 aromatic carbocycles. The van der Waals surface area contributed by atoms with E-state index in [9.17, 15) is 18.0 Å². The minimum atomic E-state index is -4.94. The average Bonchev–Trinajstić information content (AvgIpc) is 2.90. The third kappa shape index (κ3) is 4.91. The SMILES string of the molecule is COc1ccc(-c2c(C(F)(F)F)oc3cc(OCc4cc(Br)cc5c4OCOC5)ccc3c2=O)cc1OC. The summed E-state index contributed by atoms with van der Waals surface area (Å²) in [5, 5.41) is -0.0320. The molecule has 0 saturated heterocycles. The maximum absolute atomic E-state index is 14.1. The summed E-state index contributed by atoms with van der Waals surface area (Å²) in [4.78, 5) is 13.3. The van der Waals surface area contributed by atoms with Gasteiger partial charge >= 0.3 is 6.18 Å². The lowest BCUT2D eigenvalue weighted by Crippen LogP contribution is -2.16. The van der Waals surface area contributed by atoms with Crippen molar-refractivity contribution >= 4 is 26.9 Å². The molecule has 5 rings (SSSR count).